The number of H-pyrrole nitrogens is 1. The van der Waals surface area contributed by atoms with E-state index in [4.69, 9.17) is 11.6 Å². The van der Waals surface area contributed by atoms with Crippen LogP contribution in [0.15, 0.2) is 64.2 Å². The molecule has 0 saturated carbocycles. The molecule has 6 nitrogen and oxygen atoms in total. The smallest absolute Gasteiger partial charge is 0.334 e. The number of nitrogens with one attached hydrogen (secondary N) is 2. The van der Waals surface area contributed by atoms with Crippen LogP contribution in [-0.4, -0.2) is 27.7 Å². The van der Waals surface area contributed by atoms with Crippen LogP contribution in [0.1, 0.15) is 11.1 Å². The second-order valence-corrected chi connectivity index (χ2v) is 6.96. The van der Waals surface area contributed by atoms with Gasteiger partial charge in [-0.15, -0.1) is 0 Å². The maximum atomic E-state index is 12.4. The predicted octanol–water partition coefficient (Wildman–Crippen LogP) is 2.61. The van der Waals surface area contributed by atoms with Crippen LogP contribution in [0.3, 0.4) is 0 Å². The Morgan fingerprint density at radius 2 is 1.74 bits per heavy atom. The molecule has 0 spiro atoms. The van der Waals surface area contributed by atoms with Crippen molar-refractivity contribution in [1.82, 2.24) is 14.5 Å². The van der Waals surface area contributed by atoms with Crippen molar-refractivity contribution < 1.29 is 0 Å². The van der Waals surface area contributed by atoms with Crippen molar-refractivity contribution in [3.05, 3.63) is 91.6 Å². The van der Waals surface area contributed by atoms with Crippen molar-refractivity contribution in [3.63, 3.8) is 0 Å². The van der Waals surface area contributed by atoms with Crippen molar-refractivity contribution in [3.8, 4) is 5.69 Å². The summed E-state index contributed by atoms with van der Waals surface area (Å²) in [6.45, 7) is 1.87. The van der Waals surface area contributed by atoms with Gasteiger partial charge in [-0.25, -0.2) is 9.36 Å². The molecule has 1 aliphatic rings. The minimum Gasteiger partial charge on any atom is -0.358 e. The van der Waals surface area contributed by atoms with Crippen LogP contribution < -0.4 is 16.6 Å². The summed E-state index contributed by atoms with van der Waals surface area (Å²) in [6.07, 6.45) is 0.895. The number of aromatic amines is 1. The first-order valence-corrected chi connectivity index (χ1v) is 9.14. The summed E-state index contributed by atoms with van der Waals surface area (Å²) < 4.78 is 1.49. The molecule has 0 unspecified atom stereocenters. The van der Waals surface area contributed by atoms with Gasteiger partial charge in [-0.3, -0.25) is 14.7 Å². The fraction of sp³-hybridized carbons (Fsp3) is 0.200. The minimum absolute atomic E-state index is 0.350. The highest BCUT2D eigenvalue weighted by atomic mass is 35.5. The van der Waals surface area contributed by atoms with E-state index in [0.29, 0.717) is 35.3 Å². The van der Waals surface area contributed by atoms with Crippen LogP contribution in [0.25, 0.3) is 5.69 Å². The fourth-order valence-corrected chi connectivity index (χ4v) is 3.42. The van der Waals surface area contributed by atoms with Gasteiger partial charge in [-0.05, 0) is 36.2 Å². The van der Waals surface area contributed by atoms with Crippen molar-refractivity contribution in [2.24, 2.45) is 0 Å². The summed E-state index contributed by atoms with van der Waals surface area (Å²) in [5.74, 6) is 0.544. The first-order valence-electron chi connectivity index (χ1n) is 8.76. The van der Waals surface area contributed by atoms with Crippen molar-refractivity contribution in [2.45, 2.75) is 13.0 Å². The predicted molar refractivity (Wildman–Crippen MR) is 107 cm³/mol. The zero-order valence-electron chi connectivity index (χ0n) is 14.6. The molecule has 0 aliphatic carbocycles. The van der Waals surface area contributed by atoms with E-state index in [0.717, 1.165) is 13.0 Å². The molecular weight excluding hydrogens is 364 g/mol. The molecule has 0 bridgehead atoms. The van der Waals surface area contributed by atoms with Gasteiger partial charge in [0.1, 0.15) is 5.82 Å². The molecule has 2 N–H and O–H groups in total. The zero-order valence-corrected chi connectivity index (χ0v) is 15.4. The van der Waals surface area contributed by atoms with Gasteiger partial charge in [0.05, 0.1) is 17.9 Å². The lowest BCUT2D eigenvalue weighted by Crippen LogP contribution is -2.43. The molecule has 2 aromatic carbocycles. The number of halogens is 1. The number of benzene rings is 2. The summed E-state index contributed by atoms with van der Waals surface area (Å²) in [5, 5.41) is 3.84. The van der Waals surface area contributed by atoms with E-state index in [9.17, 15) is 9.59 Å². The highest BCUT2D eigenvalue weighted by molar-refractivity contribution is 6.30. The topological polar surface area (TPSA) is 70.1 Å². The molecule has 138 valence electrons. The molecule has 27 heavy (non-hydrogen) atoms. The largest absolute Gasteiger partial charge is 0.358 e. The normalized spacial score (nSPS) is 13.8. The summed E-state index contributed by atoms with van der Waals surface area (Å²) in [6, 6.07) is 17.2. The van der Waals surface area contributed by atoms with Gasteiger partial charge in [0.15, 0.2) is 0 Å². The third-order valence-corrected chi connectivity index (χ3v) is 4.96. The Balaban J connectivity index is 1.62. The third kappa shape index (κ3) is 3.67. The second kappa shape index (κ2) is 7.42. The molecule has 0 amide bonds. The van der Waals surface area contributed by atoms with Crippen LogP contribution >= 0.6 is 11.6 Å². The zero-order chi connectivity index (χ0) is 18.8. The van der Waals surface area contributed by atoms with Gasteiger partial charge in [0.2, 0.25) is 0 Å². The molecule has 3 aromatic rings. The SMILES string of the molecule is O=c1[nH]c(=O)n(-c2ccc(Cl)cc2)c2c1CN(CCc1ccccc1)CN2. The first kappa shape index (κ1) is 17.6. The Morgan fingerprint density at radius 3 is 2.48 bits per heavy atom. The molecule has 0 fully saturated rings. The summed E-state index contributed by atoms with van der Waals surface area (Å²) in [5.41, 5.74) is 1.65. The number of aromatic nitrogens is 2. The number of hydrogen-bond acceptors (Lipinski definition) is 4. The minimum atomic E-state index is -0.466. The van der Waals surface area contributed by atoms with Gasteiger partial charge in [-0.1, -0.05) is 41.9 Å². The fourth-order valence-electron chi connectivity index (χ4n) is 3.30. The van der Waals surface area contributed by atoms with Gasteiger partial charge in [0.25, 0.3) is 5.56 Å². The molecular formula is C20H19ClN4O2. The van der Waals surface area contributed by atoms with Crippen LogP contribution in [0.5, 0.6) is 0 Å². The van der Waals surface area contributed by atoms with Gasteiger partial charge < -0.3 is 5.32 Å². The quantitative estimate of drug-likeness (QED) is 0.727. The lowest BCUT2D eigenvalue weighted by molar-refractivity contribution is 0.275. The van der Waals surface area contributed by atoms with Crippen molar-refractivity contribution >= 4 is 17.4 Å². The number of nitrogens with zero attached hydrogens (tertiary/aromatic N) is 2. The molecule has 2 heterocycles. The highest BCUT2D eigenvalue weighted by Crippen LogP contribution is 2.22. The van der Waals surface area contributed by atoms with Crippen LogP contribution in [0.2, 0.25) is 5.02 Å². The average molecular weight is 383 g/mol. The Kier molecular flexibility index (Phi) is 4.83. The molecule has 0 saturated heterocycles. The standard InChI is InChI=1S/C20H19ClN4O2/c21-15-6-8-16(9-7-15)25-18-17(19(26)23-20(25)27)12-24(13-22-18)11-10-14-4-2-1-3-5-14/h1-9,22H,10-13H2,(H,23,26,27). The Morgan fingerprint density at radius 1 is 1.00 bits per heavy atom. The Labute approximate surface area is 161 Å². The summed E-state index contributed by atoms with van der Waals surface area (Å²) in [7, 11) is 0. The van der Waals surface area contributed by atoms with E-state index < -0.39 is 5.69 Å². The molecule has 1 aromatic heterocycles. The van der Waals surface area contributed by atoms with E-state index >= 15 is 0 Å². The lowest BCUT2D eigenvalue weighted by atomic mass is 10.1. The van der Waals surface area contributed by atoms with E-state index in [1.165, 1.54) is 10.1 Å². The highest BCUT2D eigenvalue weighted by Gasteiger charge is 2.23. The molecule has 0 radical (unpaired) electrons. The summed E-state index contributed by atoms with van der Waals surface area (Å²) >= 11 is 5.94. The van der Waals surface area contributed by atoms with Gasteiger partial charge in [-0.2, -0.15) is 0 Å². The van der Waals surface area contributed by atoms with Gasteiger partial charge in [0, 0.05) is 18.1 Å². The van der Waals surface area contributed by atoms with E-state index in [1.54, 1.807) is 24.3 Å². The van der Waals surface area contributed by atoms with Gasteiger partial charge >= 0.3 is 5.69 Å². The van der Waals surface area contributed by atoms with Crippen LogP contribution in [0, 0.1) is 0 Å². The number of fused-ring (bicyclic) bond motifs is 1. The second-order valence-electron chi connectivity index (χ2n) is 6.52. The third-order valence-electron chi connectivity index (χ3n) is 4.70. The van der Waals surface area contributed by atoms with E-state index in [2.05, 4.69) is 27.3 Å². The number of anilines is 1. The molecule has 4 rings (SSSR count). The van der Waals surface area contributed by atoms with Crippen LogP contribution in [0.4, 0.5) is 5.82 Å². The van der Waals surface area contributed by atoms with Crippen LogP contribution in [-0.2, 0) is 13.0 Å². The Bertz CT molecular complexity index is 1060. The van der Waals surface area contributed by atoms with Crippen molar-refractivity contribution in [2.75, 3.05) is 18.5 Å². The summed E-state index contributed by atoms with van der Waals surface area (Å²) in [4.78, 5) is 29.4. The maximum absolute atomic E-state index is 12.4. The Hall–Kier alpha value is -2.83. The van der Waals surface area contributed by atoms with E-state index in [1.807, 2.05) is 18.2 Å². The van der Waals surface area contributed by atoms with Crippen molar-refractivity contribution in [1.29, 1.82) is 0 Å². The number of hydrogen-bond donors (Lipinski definition) is 2. The lowest BCUT2D eigenvalue weighted by Gasteiger charge is -2.30. The average Bonchev–Trinajstić information content (AvgIpc) is 2.69. The number of rotatable bonds is 4. The van der Waals surface area contributed by atoms with E-state index in [-0.39, 0.29) is 5.56 Å². The monoisotopic (exact) mass is 382 g/mol. The molecule has 1 aliphatic heterocycles. The molecule has 0 atom stereocenters. The first-order chi connectivity index (χ1) is 13.1. The molecule has 7 heteroatoms. The maximum Gasteiger partial charge on any atom is 0.334 e.